The Morgan fingerprint density at radius 1 is 1.31 bits per heavy atom. The Bertz CT molecular complexity index is 1190. The molecule has 4 rings (SSSR count). The van der Waals surface area contributed by atoms with Crippen molar-refractivity contribution in [2.45, 2.75) is 58.0 Å². The topological polar surface area (TPSA) is 112 Å². The summed E-state index contributed by atoms with van der Waals surface area (Å²) in [6, 6.07) is 2.58. The van der Waals surface area contributed by atoms with Crippen LogP contribution in [-0.2, 0) is 32.6 Å². The summed E-state index contributed by atoms with van der Waals surface area (Å²) in [4.78, 5) is 12.0. The van der Waals surface area contributed by atoms with Crippen LogP contribution in [0.15, 0.2) is 36.5 Å². The Balaban J connectivity index is 0.000000237. The maximum absolute atomic E-state index is 14.0. The maximum atomic E-state index is 14.0. The molecule has 3 heterocycles. The first kappa shape index (κ1) is 26.8. The second-order valence-corrected chi connectivity index (χ2v) is 11.3. The van der Waals surface area contributed by atoms with E-state index in [4.69, 9.17) is 9.47 Å². The van der Waals surface area contributed by atoms with E-state index in [9.17, 15) is 22.0 Å². The number of fused-ring (bicyclic) bond motifs is 1. The number of nitrogens with one attached hydrogen (secondary N) is 2. The highest BCUT2D eigenvalue weighted by atomic mass is 32.2. The zero-order valence-corrected chi connectivity index (χ0v) is 20.9. The van der Waals surface area contributed by atoms with Gasteiger partial charge in [0.1, 0.15) is 23.3 Å². The minimum Gasteiger partial charge on any atom is -0.444 e. The van der Waals surface area contributed by atoms with E-state index in [1.54, 1.807) is 27.0 Å². The van der Waals surface area contributed by atoms with Gasteiger partial charge in [0, 0.05) is 30.4 Å². The maximum Gasteiger partial charge on any atom is 0.407 e. The second-order valence-electron chi connectivity index (χ2n) is 9.44. The molecule has 0 spiro atoms. The van der Waals surface area contributed by atoms with Gasteiger partial charge in [-0.1, -0.05) is 6.58 Å². The van der Waals surface area contributed by atoms with Crippen LogP contribution < -0.4 is 10.6 Å². The minimum atomic E-state index is -3.20. The van der Waals surface area contributed by atoms with Gasteiger partial charge in [-0.3, -0.25) is 0 Å². The average Bonchev–Trinajstić information content (AvgIpc) is 3.31. The van der Waals surface area contributed by atoms with Crippen molar-refractivity contribution < 1.29 is 31.5 Å². The first-order valence-corrected chi connectivity index (χ1v) is 12.8. The number of aromatic nitrogens is 2. The SMILES string of the molecule is C=C1CO[C@H](c2cc(F)ccc2F)[C@@H](NC(=O)OC(C)(C)C)C1.CS(=O)(=O)n1cc2c(n1)CNC2. The van der Waals surface area contributed by atoms with Crippen molar-refractivity contribution in [1.82, 2.24) is 19.8 Å². The van der Waals surface area contributed by atoms with Crippen molar-refractivity contribution in [3.8, 4) is 0 Å². The lowest BCUT2D eigenvalue weighted by molar-refractivity contribution is 0.00328. The number of alkyl carbamates (subject to hydrolysis) is 1. The third kappa shape index (κ3) is 7.33. The molecule has 2 aliphatic heterocycles. The molecule has 1 amide bonds. The molecule has 0 unspecified atom stereocenters. The van der Waals surface area contributed by atoms with Crippen LogP contribution in [0.3, 0.4) is 0 Å². The zero-order chi connectivity index (χ0) is 26.0. The molecule has 0 aliphatic carbocycles. The van der Waals surface area contributed by atoms with E-state index in [-0.39, 0.29) is 12.2 Å². The molecule has 2 aromatic rings. The number of amides is 1. The molecular weight excluding hydrogens is 482 g/mol. The highest BCUT2D eigenvalue weighted by Gasteiger charge is 2.33. The molecule has 2 N–H and O–H groups in total. The lowest BCUT2D eigenvalue weighted by atomic mass is 9.93. The summed E-state index contributed by atoms with van der Waals surface area (Å²) in [7, 11) is -3.20. The van der Waals surface area contributed by atoms with E-state index >= 15 is 0 Å². The minimum absolute atomic E-state index is 0.0681. The number of hydrogen-bond acceptors (Lipinski definition) is 7. The van der Waals surface area contributed by atoms with Gasteiger partial charge in [0.2, 0.25) is 0 Å². The van der Waals surface area contributed by atoms with E-state index in [0.29, 0.717) is 19.5 Å². The van der Waals surface area contributed by atoms with Crippen LogP contribution in [0.1, 0.15) is 50.1 Å². The summed E-state index contributed by atoms with van der Waals surface area (Å²) in [6.07, 6.45) is 1.67. The molecule has 1 fully saturated rings. The smallest absolute Gasteiger partial charge is 0.407 e. The number of ether oxygens (including phenoxy) is 2. The molecule has 0 saturated carbocycles. The predicted molar refractivity (Wildman–Crippen MR) is 125 cm³/mol. The normalized spacial score (nSPS) is 20.0. The van der Waals surface area contributed by atoms with Crippen molar-refractivity contribution in [3.05, 3.63) is 65.0 Å². The van der Waals surface area contributed by atoms with Crippen molar-refractivity contribution in [2.75, 3.05) is 12.9 Å². The second kappa shape index (κ2) is 10.4. The fourth-order valence-corrected chi connectivity index (χ4v) is 4.19. The van der Waals surface area contributed by atoms with Crippen LogP contribution in [0, 0.1) is 11.6 Å². The molecule has 1 saturated heterocycles. The molecule has 1 aromatic carbocycles. The van der Waals surface area contributed by atoms with Crippen molar-refractivity contribution >= 4 is 16.1 Å². The summed E-state index contributed by atoms with van der Waals surface area (Å²) in [6.45, 7) is 10.7. The van der Waals surface area contributed by atoms with Crippen molar-refractivity contribution in [2.24, 2.45) is 0 Å². The average molecular weight is 513 g/mol. The predicted octanol–water partition coefficient (Wildman–Crippen LogP) is 3.17. The van der Waals surface area contributed by atoms with Crippen LogP contribution in [0.4, 0.5) is 13.6 Å². The third-order valence-corrected chi connectivity index (χ3v) is 5.98. The monoisotopic (exact) mass is 512 g/mol. The highest BCUT2D eigenvalue weighted by molar-refractivity contribution is 7.89. The summed E-state index contributed by atoms with van der Waals surface area (Å²) >= 11 is 0. The Hall–Kier alpha value is -2.83. The van der Waals surface area contributed by atoms with E-state index in [2.05, 4.69) is 22.3 Å². The zero-order valence-electron chi connectivity index (χ0n) is 20.1. The summed E-state index contributed by atoms with van der Waals surface area (Å²) in [5.74, 6) is -1.15. The fourth-order valence-electron chi connectivity index (χ4n) is 3.63. The number of hydrogen-bond donors (Lipinski definition) is 2. The number of carbonyl (C=O) groups is 1. The van der Waals surface area contributed by atoms with Gasteiger partial charge in [0.05, 0.1) is 24.6 Å². The quantitative estimate of drug-likeness (QED) is 0.608. The Labute approximate surface area is 203 Å². The van der Waals surface area contributed by atoms with Gasteiger partial charge in [0.15, 0.2) is 0 Å². The molecule has 0 bridgehead atoms. The molecule has 9 nitrogen and oxygen atoms in total. The standard InChI is InChI=1S/C17H21F2NO3.C6H9N3O2S/c1-10-7-14(20-16(21)23-17(2,3)4)15(22-9-10)12-8-11(18)5-6-13(12)19;1-12(10,11)9-4-5-2-7-3-6(5)8-9/h5-6,8,14-15H,1,7,9H2,2-4H3,(H,20,21);4,7H,2-3H2,1H3/t14-,15+;/m0./s1. The number of halogens is 2. The van der Waals surface area contributed by atoms with E-state index < -0.39 is 45.5 Å². The van der Waals surface area contributed by atoms with Gasteiger partial charge in [-0.15, -0.1) is 0 Å². The lowest BCUT2D eigenvalue weighted by Crippen LogP contribution is -2.45. The van der Waals surface area contributed by atoms with Gasteiger partial charge in [-0.2, -0.15) is 9.19 Å². The van der Waals surface area contributed by atoms with E-state index in [1.165, 1.54) is 0 Å². The van der Waals surface area contributed by atoms with Crippen LogP contribution in [0.25, 0.3) is 0 Å². The number of rotatable bonds is 3. The van der Waals surface area contributed by atoms with Gasteiger partial charge in [0.25, 0.3) is 10.0 Å². The Morgan fingerprint density at radius 2 is 2.03 bits per heavy atom. The van der Waals surface area contributed by atoms with Gasteiger partial charge in [-0.05, 0) is 51.0 Å². The molecule has 2 aliphatic rings. The molecule has 192 valence electrons. The van der Waals surface area contributed by atoms with Gasteiger partial charge < -0.3 is 20.1 Å². The molecule has 2 atom stereocenters. The van der Waals surface area contributed by atoms with Crippen LogP contribution in [-0.4, -0.2) is 48.2 Å². The number of nitrogens with zero attached hydrogens (tertiary/aromatic N) is 2. The lowest BCUT2D eigenvalue weighted by Gasteiger charge is -2.34. The van der Waals surface area contributed by atoms with Crippen molar-refractivity contribution in [3.63, 3.8) is 0 Å². The highest BCUT2D eigenvalue weighted by Crippen LogP contribution is 2.32. The summed E-state index contributed by atoms with van der Waals surface area (Å²) in [5.41, 5.74) is 1.98. The van der Waals surface area contributed by atoms with Gasteiger partial charge >= 0.3 is 6.09 Å². The van der Waals surface area contributed by atoms with Crippen LogP contribution >= 0.6 is 0 Å². The Morgan fingerprint density at radius 3 is 2.66 bits per heavy atom. The number of benzene rings is 1. The number of carbonyl (C=O) groups excluding carboxylic acids is 1. The van der Waals surface area contributed by atoms with E-state index in [1.807, 2.05) is 0 Å². The summed E-state index contributed by atoms with van der Waals surface area (Å²) < 4.78 is 61.3. The van der Waals surface area contributed by atoms with Crippen molar-refractivity contribution in [1.29, 1.82) is 0 Å². The third-order valence-electron chi connectivity index (χ3n) is 5.11. The fraction of sp³-hybridized carbons (Fsp3) is 0.478. The largest absolute Gasteiger partial charge is 0.444 e. The summed E-state index contributed by atoms with van der Waals surface area (Å²) in [5, 5.41) is 9.67. The van der Waals surface area contributed by atoms with Crippen LogP contribution in [0.2, 0.25) is 0 Å². The molecule has 0 radical (unpaired) electrons. The molecular formula is C23H30F2N4O5S. The van der Waals surface area contributed by atoms with E-state index in [0.717, 1.165) is 45.4 Å². The molecule has 1 aromatic heterocycles. The Kier molecular flexibility index (Phi) is 7.97. The first-order valence-electron chi connectivity index (χ1n) is 10.9. The molecule has 12 heteroatoms. The molecule has 35 heavy (non-hydrogen) atoms. The van der Waals surface area contributed by atoms with Crippen LogP contribution in [0.5, 0.6) is 0 Å². The first-order chi connectivity index (χ1) is 16.2. The van der Waals surface area contributed by atoms with Gasteiger partial charge in [-0.25, -0.2) is 22.0 Å².